The van der Waals surface area contributed by atoms with E-state index in [0.717, 1.165) is 30.4 Å². The van der Waals surface area contributed by atoms with Gasteiger partial charge in [-0.3, -0.25) is 9.52 Å². The first-order valence-corrected chi connectivity index (χ1v) is 17.8. The monoisotopic (exact) mass is 631 g/mol. The second-order valence-corrected chi connectivity index (χ2v) is 15.6. The van der Waals surface area contributed by atoms with E-state index in [1.807, 2.05) is 13.8 Å². The summed E-state index contributed by atoms with van der Waals surface area (Å²) in [5.74, 6) is -0.457. The molecule has 0 saturated carbocycles. The molecule has 1 aromatic heterocycles. The van der Waals surface area contributed by atoms with Gasteiger partial charge in [-0.2, -0.15) is 4.31 Å². The van der Waals surface area contributed by atoms with Crippen molar-refractivity contribution in [2.24, 2.45) is 5.92 Å². The van der Waals surface area contributed by atoms with E-state index in [9.17, 15) is 26.7 Å². The molecule has 3 rings (SSSR count). The standard InChI is InChI=1S/C27H41N3O8S3/c1-19-16-30(20(2)18-31)27(32)23-15-22(28-40(5,33)34)11-12-24(23)38-21(3)9-6-7-13-37-25(19)17-29(4)41(35,36)26-10-8-14-39-26/h8,10-12,14-15,19-21,25,28,31H,6-7,9,13,16-18H2,1-5H3/t19-,20-,21+,25-/m0/s1. The Morgan fingerprint density at radius 2 is 1.93 bits per heavy atom. The van der Waals surface area contributed by atoms with Crippen LogP contribution in [0.1, 0.15) is 50.4 Å². The molecular weight excluding hydrogens is 591 g/mol. The van der Waals surface area contributed by atoms with Crippen LogP contribution >= 0.6 is 11.3 Å². The van der Waals surface area contributed by atoms with Crippen LogP contribution in [0, 0.1) is 5.92 Å². The summed E-state index contributed by atoms with van der Waals surface area (Å²) >= 11 is 1.14. The number of nitrogens with zero attached hydrogens (tertiary/aromatic N) is 2. The summed E-state index contributed by atoms with van der Waals surface area (Å²) in [7, 11) is -5.79. The fourth-order valence-electron chi connectivity index (χ4n) is 4.58. The minimum absolute atomic E-state index is 0.0788. The van der Waals surface area contributed by atoms with Gasteiger partial charge in [-0.1, -0.05) is 13.0 Å². The molecule has 1 amide bonds. The lowest BCUT2D eigenvalue weighted by molar-refractivity contribution is -0.00832. The van der Waals surface area contributed by atoms with Crippen molar-refractivity contribution >= 4 is 43.0 Å². The zero-order valence-electron chi connectivity index (χ0n) is 24.1. The van der Waals surface area contributed by atoms with E-state index in [2.05, 4.69) is 4.72 Å². The molecule has 0 bridgehead atoms. The van der Waals surface area contributed by atoms with Crippen molar-refractivity contribution in [3.8, 4) is 5.75 Å². The van der Waals surface area contributed by atoms with Gasteiger partial charge in [-0.25, -0.2) is 16.8 Å². The summed E-state index contributed by atoms with van der Waals surface area (Å²) in [5.41, 5.74) is 0.369. The Labute approximate surface area is 247 Å². The lowest BCUT2D eigenvalue weighted by Crippen LogP contribution is -2.48. The van der Waals surface area contributed by atoms with Crippen molar-refractivity contribution in [1.29, 1.82) is 0 Å². The Balaban J connectivity index is 1.98. The molecule has 1 aliphatic rings. The summed E-state index contributed by atoms with van der Waals surface area (Å²) in [6.45, 7) is 5.81. The minimum atomic E-state index is -3.71. The van der Waals surface area contributed by atoms with Crippen LogP contribution in [0.15, 0.2) is 39.9 Å². The molecule has 0 unspecified atom stereocenters. The van der Waals surface area contributed by atoms with Crippen LogP contribution in [-0.2, 0) is 24.8 Å². The topological polar surface area (TPSA) is 143 Å². The highest BCUT2D eigenvalue weighted by molar-refractivity contribution is 7.92. The number of hydrogen-bond donors (Lipinski definition) is 2. The number of amides is 1. The van der Waals surface area contributed by atoms with E-state index < -0.39 is 38.1 Å². The van der Waals surface area contributed by atoms with Crippen molar-refractivity contribution in [3.63, 3.8) is 0 Å². The van der Waals surface area contributed by atoms with Gasteiger partial charge in [-0.05, 0) is 62.8 Å². The Morgan fingerprint density at radius 1 is 1.20 bits per heavy atom. The number of hydrogen-bond acceptors (Lipinski definition) is 9. The third kappa shape index (κ3) is 9.13. The minimum Gasteiger partial charge on any atom is -0.490 e. The quantitative estimate of drug-likeness (QED) is 0.452. The zero-order chi connectivity index (χ0) is 30.4. The van der Waals surface area contributed by atoms with Crippen LogP contribution in [0.25, 0.3) is 0 Å². The first kappa shape index (κ1) is 33.3. The molecule has 1 aromatic carbocycles. The molecule has 2 aromatic rings. The molecule has 0 spiro atoms. The van der Waals surface area contributed by atoms with E-state index >= 15 is 0 Å². The van der Waals surface area contributed by atoms with Gasteiger partial charge in [0.25, 0.3) is 15.9 Å². The summed E-state index contributed by atoms with van der Waals surface area (Å²) in [6, 6.07) is 7.21. The van der Waals surface area contributed by atoms with Gasteiger partial charge < -0.3 is 19.5 Å². The summed E-state index contributed by atoms with van der Waals surface area (Å²) in [6.07, 6.45) is 2.46. The number of fused-ring (bicyclic) bond motifs is 1. The number of benzene rings is 1. The van der Waals surface area contributed by atoms with Crippen LogP contribution in [-0.4, -0.2) is 94.9 Å². The number of likely N-dealkylation sites (N-methyl/N-ethyl adjacent to an activating group) is 1. The van der Waals surface area contributed by atoms with E-state index in [1.54, 1.807) is 36.6 Å². The van der Waals surface area contributed by atoms with Gasteiger partial charge in [0.15, 0.2) is 0 Å². The maximum absolute atomic E-state index is 14.0. The zero-order valence-corrected chi connectivity index (χ0v) is 26.6. The third-order valence-corrected chi connectivity index (χ3v) is 10.8. The molecule has 230 valence electrons. The second-order valence-electron chi connectivity index (χ2n) is 10.6. The van der Waals surface area contributed by atoms with Crippen LogP contribution in [0.2, 0.25) is 0 Å². The van der Waals surface area contributed by atoms with Crippen molar-refractivity contribution in [2.45, 2.75) is 62.5 Å². The fraction of sp³-hybridized carbons (Fsp3) is 0.593. The number of sulfonamides is 2. The lowest BCUT2D eigenvalue weighted by Gasteiger charge is -2.35. The molecule has 0 fully saturated rings. The van der Waals surface area contributed by atoms with Crippen molar-refractivity contribution < 1.29 is 36.2 Å². The number of carbonyl (C=O) groups is 1. The highest BCUT2D eigenvalue weighted by atomic mass is 32.2. The van der Waals surface area contributed by atoms with Gasteiger partial charge in [0.1, 0.15) is 9.96 Å². The Hall–Kier alpha value is -2.23. The predicted octanol–water partition coefficient (Wildman–Crippen LogP) is 3.24. The number of nitrogens with one attached hydrogen (secondary N) is 1. The molecule has 1 aliphatic heterocycles. The maximum Gasteiger partial charge on any atom is 0.258 e. The van der Waals surface area contributed by atoms with Crippen molar-refractivity contribution in [2.75, 3.05) is 44.3 Å². The van der Waals surface area contributed by atoms with Crippen LogP contribution in [0.5, 0.6) is 5.75 Å². The van der Waals surface area contributed by atoms with Gasteiger partial charge in [0.2, 0.25) is 10.0 Å². The molecule has 4 atom stereocenters. The summed E-state index contributed by atoms with van der Waals surface area (Å²) in [5, 5.41) is 11.8. The fourth-order valence-corrected chi connectivity index (χ4v) is 7.52. The average Bonchev–Trinajstić information content (AvgIpc) is 3.45. The number of anilines is 1. The number of aliphatic hydroxyl groups is 1. The van der Waals surface area contributed by atoms with Crippen molar-refractivity contribution in [1.82, 2.24) is 9.21 Å². The smallest absolute Gasteiger partial charge is 0.258 e. The molecule has 2 N–H and O–H groups in total. The Morgan fingerprint density at radius 3 is 2.56 bits per heavy atom. The number of ether oxygens (including phenoxy) is 2. The number of rotatable bonds is 8. The molecule has 0 aliphatic carbocycles. The van der Waals surface area contributed by atoms with Crippen LogP contribution in [0.3, 0.4) is 0 Å². The van der Waals surface area contributed by atoms with Gasteiger partial charge in [-0.15, -0.1) is 11.3 Å². The summed E-state index contributed by atoms with van der Waals surface area (Å²) < 4.78 is 66.3. The van der Waals surface area contributed by atoms with Crippen LogP contribution < -0.4 is 9.46 Å². The second kappa shape index (κ2) is 14.3. The lowest BCUT2D eigenvalue weighted by atomic mass is 10.0. The molecule has 41 heavy (non-hydrogen) atoms. The molecule has 14 heteroatoms. The molecule has 0 saturated heterocycles. The number of thiophene rings is 1. The van der Waals surface area contributed by atoms with Gasteiger partial charge in [0.05, 0.1) is 36.7 Å². The third-order valence-electron chi connectivity index (χ3n) is 6.95. The van der Waals surface area contributed by atoms with E-state index in [4.69, 9.17) is 9.47 Å². The highest BCUT2D eigenvalue weighted by Gasteiger charge is 2.32. The van der Waals surface area contributed by atoms with Crippen molar-refractivity contribution in [3.05, 3.63) is 41.3 Å². The molecular formula is C27H41N3O8S3. The van der Waals surface area contributed by atoms with E-state index in [-0.39, 0.29) is 47.2 Å². The van der Waals surface area contributed by atoms with E-state index in [0.29, 0.717) is 18.8 Å². The first-order valence-electron chi connectivity index (χ1n) is 13.5. The number of carbonyl (C=O) groups excluding carboxylic acids is 1. The largest absolute Gasteiger partial charge is 0.490 e. The maximum atomic E-state index is 14.0. The predicted molar refractivity (Wildman–Crippen MR) is 159 cm³/mol. The summed E-state index contributed by atoms with van der Waals surface area (Å²) in [4.78, 5) is 15.5. The Kier molecular flexibility index (Phi) is 11.6. The van der Waals surface area contributed by atoms with Gasteiger partial charge >= 0.3 is 0 Å². The molecule has 11 nitrogen and oxygen atoms in total. The highest BCUT2D eigenvalue weighted by Crippen LogP contribution is 2.29. The number of aliphatic hydroxyl groups excluding tert-OH is 1. The average molecular weight is 632 g/mol. The SMILES string of the molecule is C[C@@H]1CCCCO[C@@H](CN(C)S(=O)(=O)c2cccs2)[C@@H](C)CN([C@@H](C)CO)C(=O)c2cc(NS(C)(=O)=O)ccc2O1. The Bertz CT molecular complexity index is 1370. The normalized spacial score (nSPS) is 22.5. The van der Waals surface area contributed by atoms with E-state index in [1.165, 1.54) is 22.3 Å². The van der Waals surface area contributed by atoms with Gasteiger partial charge in [0, 0.05) is 38.3 Å². The first-order chi connectivity index (χ1) is 19.2. The molecule has 0 radical (unpaired) electrons. The van der Waals surface area contributed by atoms with Crippen LogP contribution in [0.4, 0.5) is 5.69 Å². The molecule has 2 heterocycles.